The van der Waals surface area contributed by atoms with Gasteiger partial charge in [0.1, 0.15) is 18.0 Å². The van der Waals surface area contributed by atoms with Gasteiger partial charge in [-0.15, -0.1) is 0 Å². The van der Waals surface area contributed by atoms with E-state index in [0.29, 0.717) is 31.7 Å². The van der Waals surface area contributed by atoms with Gasteiger partial charge in [-0.05, 0) is 67.9 Å². The van der Waals surface area contributed by atoms with E-state index in [1.54, 1.807) is 0 Å². The number of nitrogens with one attached hydrogen (secondary N) is 1. The standard InChI is InChI=1S/C27H27F7N2O3/c28-19-13-17(27(32,33)34)9-10-18(19)22(14-7-8-14)35-25(38)20-6-1-2-11-36(20)26(39)16-5-3-4-15(12-16)21(29)23(37)24(30)31/h3-5,9-10,12-14,20-24,37H,1-2,6-8,11H2,(H,35,38)/t20-,21?,22-,23-/m1/s1. The van der Waals surface area contributed by atoms with E-state index in [-0.39, 0.29) is 35.6 Å². The van der Waals surface area contributed by atoms with Gasteiger partial charge in [-0.2, -0.15) is 13.2 Å². The molecule has 1 aliphatic carbocycles. The Bertz CT molecular complexity index is 1200. The molecule has 4 atom stereocenters. The predicted molar refractivity (Wildman–Crippen MR) is 126 cm³/mol. The molecule has 39 heavy (non-hydrogen) atoms. The van der Waals surface area contributed by atoms with Gasteiger partial charge in [-0.1, -0.05) is 18.2 Å². The van der Waals surface area contributed by atoms with Gasteiger partial charge in [0.15, 0.2) is 6.17 Å². The highest BCUT2D eigenvalue weighted by Crippen LogP contribution is 2.43. The van der Waals surface area contributed by atoms with Crippen molar-refractivity contribution in [1.29, 1.82) is 0 Å². The van der Waals surface area contributed by atoms with Gasteiger partial charge in [0, 0.05) is 17.7 Å². The first kappa shape index (κ1) is 28.8. The van der Waals surface area contributed by atoms with Crippen LogP contribution in [0.4, 0.5) is 30.7 Å². The SMILES string of the molecule is O=C(N[C@@H](c1ccc(C(F)(F)F)cc1F)C1CC1)[C@H]1CCCCN1C(=O)c1cccc(C(F)[C@@H](O)C(F)F)c1. The van der Waals surface area contributed by atoms with Crippen LogP contribution in [0, 0.1) is 11.7 Å². The molecule has 0 radical (unpaired) electrons. The molecule has 1 saturated carbocycles. The average Bonchev–Trinajstić information content (AvgIpc) is 3.75. The Morgan fingerprint density at radius 1 is 1.00 bits per heavy atom. The number of rotatable bonds is 8. The number of benzene rings is 2. The summed E-state index contributed by atoms with van der Waals surface area (Å²) in [6, 6.07) is 5.11. The van der Waals surface area contributed by atoms with E-state index in [1.807, 2.05) is 0 Å². The second-order valence-corrected chi connectivity index (χ2v) is 9.92. The summed E-state index contributed by atoms with van der Waals surface area (Å²) in [7, 11) is 0. The van der Waals surface area contributed by atoms with E-state index < -0.39 is 60.2 Å². The number of alkyl halides is 6. The second-order valence-electron chi connectivity index (χ2n) is 9.92. The first-order chi connectivity index (χ1) is 18.4. The number of amides is 2. The van der Waals surface area contributed by atoms with Crippen LogP contribution in [0.1, 0.15) is 71.4 Å². The maximum Gasteiger partial charge on any atom is 0.416 e. The average molecular weight is 561 g/mol. The fraction of sp³-hybridized carbons (Fsp3) is 0.481. The molecule has 1 saturated heterocycles. The van der Waals surface area contributed by atoms with Gasteiger partial charge in [-0.3, -0.25) is 9.59 Å². The van der Waals surface area contributed by atoms with Gasteiger partial charge in [0.2, 0.25) is 5.91 Å². The van der Waals surface area contributed by atoms with Crippen molar-refractivity contribution < 1.29 is 45.4 Å². The molecule has 2 aromatic rings. The summed E-state index contributed by atoms with van der Waals surface area (Å²) in [5.74, 6) is -2.53. The van der Waals surface area contributed by atoms with E-state index in [4.69, 9.17) is 0 Å². The normalized spacial score (nSPS) is 20.4. The van der Waals surface area contributed by atoms with Crippen LogP contribution in [0.2, 0.25) is 0 Å². The number of piperidine rings is 1. The van der Waals surface area contributed by atoms with Crippen LogP contribution < -0.4 is 5.32 Å². The quantitative estimate of drug-likeness (QED) is 0.405. The van der Waals surface area contributed by atoms with Crippen molar-refractivity contribution in [2.45, 2.75) is 69.1 Å². The van der Waals surface area contributed by atoms with Crippen LogP contribution in [-0.4, -0.2) is 46.9 Å². The molecule has 2 aromatic carbocycles. The first-order valence-electron chi connectivity index (χ1n) is 12.6. The molecular formula is C27H27F7N2O3. The monoisotopic (exact) mass is 560 g/mol. The van der Waals surface area contributed by atoms with E-state index in [9.17, 15) is 45.4 Å². The summed E-state index contributed by atoms with van der Waals surface area (Å²) in [5.41, 5.74) is -1.61. The van der Waals surface area contributed by atoms with Crippen LogP contribution in [0.5, 0.6) is 0 Å². The maximum atomic E-state index is 14.7. The van der Waals surface area contributed by atoms with Crippen molar-refractivity contribution >= 4 is 11.8 Å². The van der Waals surface area contributed by atoms with E-state index in [1.165, 1.54) is 17.0 Å². The summed E-state index contributed by atoms with van der Waals surface area (Å²) in [4.78, 5) is 27.9. The van der Waals surface area contributed by atoms with Crippen LogP contribution >= 0.6 is 0 Å². The van der Waals surface area contributed by atoms with Gasteiger partial charge < -0.3 is 15.3 Å². The Morgan fingerprint density at radius 3 is 2.33 bits per heavy atom. The minimum atomic E-state index is -4.72. The van der Waals surface area contributed by atoms with Crippen molar-refractivity contribution in [3.05, 3.63) is 70.5 Å². The van der Waals surface area contributed by atoms with Gasteiger partial charge in [0.25, 0.3) is 12.3 Å². The highest BCUT2D eigenvalue weighted by atomic mass is 19.4. The lowest BCUT2D eigenvalue weighted by atomic mass is 9.96. The van der Waals surface area contributed by atoms with Crippen LogP contribution in [0.15, 0.2) is 42.5 Å². The number of halogens is 7. The lowest BCUT2D eigenvalue weighted by Gasteiger charge is -2.36. The van der Waals surface area contributed by atoms with E-state index in [0.717, 1.165) is 24.3 Å². The lowest BCUT2D eigenvalue weighted by Crippen LogP contribution is -2.52. The molecule has 212 valence electrons. The van der Waals surface area contributed by atoms with Crippen LogP contribution in [0.25, 0.3) is 0 Å². The number of nitrogens with zero attached hydrogens (tertiary/aromatic N) is 1. The van der Waals surface area contributed by atoms with Crippen LogP contribution in [-0.2, 0) is 11.0 Å². The summed E-state index contributed by atoms with van der Waals surface area (Å²) >= 11 is 0. The molecule has 0 bridgehead atoms. The molecule has 1 heterocycles. The van der Waals surface area contributed by atoms with E-state index in [2.05, 4.69) is 5.32 Å². The zero-order valence-electron chi connectivity index (χ0n) is 20.6. The molecule has 1 unspecified atom stereocenters. The highest BCUT2D eigenvalue weighted by molar-refractivity contribution is 5.98. The molecular weight excluding hydrogens is 533 g/mol. The highest BCUT2D eigenvalue weighted by Gasteiger charge is 2.40. The molecule has 0 spiro atoms. The molecule has 4 rings (SSSR count). The lowest BCUT2D eigenvalue weighted by molar-refractivity contribution is -0.137. The zero-order valence-corrected chi connectivity index (χ0v) is 20.6. The first-order valence-corrected chi connectivity index (χ1v) is 12.6. The topological polar surface area (TPSA) is 69.6 Å². The molecule has 2 amide bonds. The van der Waals surface area contributed by atoms with Gasteiger partial charge in [0.05, 0.1) is 11.6 Å². The van der Waals surface area contributed by atoms with E-state index >= 15 is 0 Å². The van der Waals surface area contributed by atoms with Crippen molar-refractivity contribution in [3.8, 4) is 0 Å². The Morgan fingerprint density at radius 2 is 1.72 bits per heavy atom. The molecule has 5 nitrogen and oxygen atoms in total. The predicted octanol–water partition coefficient (Wildman–Crippen LogP) is 5.74. The molecule has 1 aliphatic heterocycles. The minimum absolute atomic E-state index is 0.0659. The maximum absolute atomic E-state index is 14.7. The Hall–Kier alpha value is -3.15. The third-order valence-corrected chi connectivity index (χ3v) is 7.13. The summed E-state index contributed by atoms with van der Waals surface area (Å²) < 4.78 is 93.6. The van der Waals surface area contributed by atoms with Gasteiger partial charge >= 0.3 is 6.18 Å². The second kappa shape index (κ2) is 11.5. The van der Waals surface area contributed by atoms with Crippen molar-refractivity contribution in [3.63, 3.8) is 0 Å². The molecule has 12 heteroatoms. The summed E-state index contributed by atoms with van der Waals surface area (Å²) in [6.07, 6.45) is -10.4. The summed E-state index contributed by atoms with van der Waals surface area (Å²) in [5, 5.41) is 12.1. The zero-order chi connectivity index (χ0) is 28.5. The number of aliphatic hydroxyl groups excluding tert-OH is 1. The largest absolute Gasteiger partial charge is 0.416 e. The molecule has 2 N–H and O–H groups in total. The number of likely N-dealkylation sites (tertiary alicyclic amines) is 1. The van der Waals surface area contributed by atoms with Crippen molar-refractivity contribution in [2.75, 3.05) is 6.54 Å². The molecule has 2 fully saturated rings. The number of carbonyl (C=O) groups is 2. The number of carbonyl (C=O) groups excluding carboxylic acids is 2. The van der Waals surface area contributed by atoms with Gasteiger partial charge in [-0.25, -0.2) is 17.6 Å². The summed E-state index contributed by atoms with van der Waals surface area (Å²) in [6.45, 7) is 0.169. The molecule has 0 aromatic heterocycles. The minimum Gasteiger partial charge on any atom is -0.384 e. The third-order valence-electron chi connectivity index (χ3n) is 7.13. The fourth-order valence-corrected chi connectivity index (χ4v) is 4.87. The fourth-order valence-electron chi connectivity index (χ4n) is 4.87. The van der Waals surface area contributed by atoms with Crippen LogP contribution in [0.3, 0.4) is 0 Å². The van der Waals surface area contributed by atoms with Crippen molar-refractivity contribution in [2.24, 2.45) is 5.92 Å². The number of aliphatic hydroxyl groups is 1. The smallest absolute Gasteiger partial charge is 0.384 e. The Kier molecular flexibility index (Phi) is 8.53. The number of hydrogen-bond acceptors (Lipinski definition) is 3. The Balaban J connectivity index is 1.54. The van der Waals surface area contributed by atoms with Crippen molar-refractivity contribution in [1.82, 2.24) is 10.2 Å². The third kappa shape index (κ3) is 6.54. The molecule has 2 aliphatic rings. The Labute approximate surface area is 220 Å². The number of hydrogen-bond donors (Lipinski definition) is 2.